The summed E-state index contributed by atoms with van der Waals surface area (Å²) < 4.78 is 5.59. The highest BCUT2D eigenvalue weighted by Gasteiger charge is 2.21. The van der Waals surface area contributed by atoms with Gasteiger partial charge in [-0.1, -0.05) is 18.2 Å². The average Bonchev–Trinajstić information content (AvgIpc) is 2.32. The van der Waals surface area contributed by atoms with E-state index in [-0.39, 0.29) is 0 Å². The number of ether oxygens (including phenoxy) is 1. The van der Waals surface area contributed by atoms with Crippen LogP contribution < -0.4 is 5.32 Å². The summed E-state index contributed by atoms with van der Waals surface area (Å²) in [6.07, 6.45) is 2.64. The molecule has 3 atom stereocenters. The number of hydrogen-bond acceptors (Lipinski definition) is 2. The zero-order chi connectivity index (χ0) is 13.1. The van der Waals surface area contributed by atoms with Gasteiger partial charge in [0.1, 0.15) is 0 Å². The molecule has 1 N–H and O–H groups in total. The number of nitrogens with one attached hydrogen (secondary N) is 1. The maximum atomic E-state index is 5.59. The third-order valence-corrected chi connectivity index (χ3v) is 4.00. The Morgan fingerprint density at radius 2 is 2.06 bits per heavy atom. The molecule has 100 valence electrons. The molecule has 1 aliphatic heterocycles. The molecule has 1 saturated heterocycles. The maximum Gasteiger partial charge on any atom is 0.0561 e. The predicted octanol–water partition coefficient (Wildman–Crippen LogP) is 3.52. The molecule has 1 aromatic carbocycles. The van der Waals surface area contributed by atoms with Crippen molar-refractivity contribution in [3.8, 4) is 0 Å². The minimum atomic E-state index is 0.392. The number of rotatable bonds is 3. The lowest BCUT2D eigenvalue weighted by atomic mass is 9.99. The van der Waals surface area contributed by atoms with Gasteiger partial charge in [-0.05, 0) is 57.2 Å². The van der Waals surface area contributed by atoms with E-state index in [0.29, 0.717) is 18.2 Å². The number of hydrogen-bond donors (Lipinski definition) is 1. The molecule has 0 bridgehead atoms. The summed E-state index contributed by atoms with van der Waals surface area (Å²) in [6, 6.07) is 7.76. The van der Waals surface area contributed by atoms with Gasteiger partial charge in [-0.15, -0.1) is 0 Å². The summed E-state index contributed by atoms with van der Waals surface area (Å²) in [6.45, 7) is 9.65. The first kappa shape index (κ1) is 13.6. The Kier molecular flexibility index (Phi) is 4.41. The van der Waals surface area contributed by atoms with E-state index < -0.39 is 0 Å². The summed E-state index contributed by atoms with van der Waals surface area (Å²) >= 11 is 0. The summed E-state index contributed by atoms with van der Waals surface area (Å²) in [4.78, 5) is 0. The fraction of sp³-hybridized carbons (Fsp3) is 0.625. The van der Waals surface area contributed by atoms with Gasteiger partial charge in [0.2, 0.25) is 0 Å². The highest BCUT2D eigenvalue weighted by atomic mass is 16.5. The molecule has 0 amide bonds. The fourth-order valence-corrected chi connectivity index (χ4v) is 2.63. The molecule has 0 aliphatic carbocycles. The molecular formula is C16H25NO. The van der Waals surface area contributed by atoms with Crippen LogP contribution in [-0.4, -0.2) is 18.8 Å². The Balaban J connectivity index is 1.98. The Morgan fingerprint density at radius 3 is 2.72 bits per heavy atom. The molecule has 0 spiro atoms. The minimum Gasteiger partial charge on any atom is -0.378 e. The Bertz CT molecular complexity index is 402. The van der Waals surface area contributed by atoms with Crippen LogP contribution in [0.4, 0.5) is 0 Å². The average molecular weight is 247 g/mol. The van der Waals surface area contributed by atoms with Gasteiger partial charge in [-0.2, -0.15) is 0 Å². The second-order valence-corrected chi connectivity index (χ2v) is 5.63. The van der Waals surface area contributed by atoms with Crippen molar-refractivity contribution in [2.75, 3.05) is 6.61 Å². The summed E-state index contributed by atoms with van der Waals surface area (Å²) in [7, 11) is 0. The van der Waals surface area contributed by atoms with Crippen molar-refractivity contribution >= 4 is 0 Å². The molecule has 1 aliphatic rings. The van der Waals surface area contributed by atoms with E-state index in [9.17, 15) is 0 Å². The topological polar surface area (TPSA) is 21.3 Å². The third-order valence-electron chi connectivity index (χ3n) is 4.00. The SMILES string of the molecule is Cc1ccc(C(C)NC2CCOC(C)C2)cc1C. The first-order valence-electron chi connectivity index (χ1n) is 7.01. The van der Waals surface area contributed by atoms with Gasteiger partial charge in [0, 0.05) is 18.7 Å². The van der Waals surface area contributed by atoms with Gasteiger partial charge in [0.15, 0.2) is 0 Å². The molecular weight excluding hydrogens is 222 g/mol. The molecule has 18 heavy (non-hydrogen) atoms. The largest absolute Gasteiger partial charge is 0.378 e. The summed E-state index contributed by atoms with van der Waals surface area (Å²) in [5, 5.41) is 3.73. The van der Waals surface area contributed by atoms with E-state index in [1.165, 1.54) is 16.7 Å². The normalized spacial score (nSPS) is 26.0. The van der Waals surface area contributed by atoms with E-state index in [1.54, 1.807) is 0 Å². The lowest BCUT2D eigenvalue weighted by Crippen LogP contribution is -2.39. The van der Waals surface area contributed by atoms with Gasteiger partial charge >= 0.3 is 0 Å². The van der Waals surface area contributed by atoms with Crippen molar-refractivity contribution in [3.05, 3.63) is 34.9 Å². The van der Waals surface area contributed by atoms with Crippen molar-refractivity contribution in [1.29, 1.82) is 0 Å². The lowest BCUT2D eigenvalue weighted by molar-refractivity contribution is 0.0116. The highest BCUT2D eigenvalue weighted by Crippen LogP contribution is 2.20. The Labute approximate surface area is 111 Å². The van der Waals surface area contributed by atoms with Crippen LogP contribution in [0.25, 0.3) is 0 Å². The first-order chi connectivity index (χ1) is 8.56. The predicted molar refractivity (Wildman–Crippen MR) is 75.9 cm³/mol. The molecule has 3 unspecified atom stereocenters. The van der Waals surface area contributed by atoms with E-state index in [1.807, 2.05) is 0 Å². The molecule has 1 fully saturated rings. The van der Waals surface area contributed by atoms with Crippen molar-refractivity contribution in [2.24, 2.45) is 0 Å². The lowest BCUT2D eigenvalue weighted by Gasteiger charge is -2.30. The molecule has 0 aromatic heterocycles. The number of benzene rings is 1. The fourth-order valence-electron chi connectivity index (χ4n) is 2.63. The Morgan fingerprint density at radius 1 is 1.28 bits per heavy atom. The highest BCUT2D eigenvalue weighted by molar-refractivity contribution is 5.31. The zero-order valence-corrected chi connectivity index (χ0v) is 12.0. The van der Waals surface area contributed by atoms with Crippen molar-refractivity contribution in [3.63, 3.8) is 0 Å². The monoisotopic (exact) mass is 247 g/mol. The quantitative estimate of drug-likeness (QED) is 0.882. The van der Waals surface area contributed by atoms with Crippen LogP contribution in [-0.2, 0) is 4.74 Å². The summed E-state index contributed by atoms with van der Waals surface area (Å²) in [5.41, 5.74) is 4.13. The van der Waals surface area contributed by atoms with Crippen LogP contribution >= 0.6 is 0 Å². The maximum absolute atomic E-state index is 5.59. The first-order valence-corrected chi connectivity index (χ1v) is 7.01. The van der Waals surface area contributed by atoms with Crippen LogP contribution in [0.5, 0.6) is 0 Å². The zero-order valence-electron chi connectivity index (χ0n) is 12.0. The van der Waals surface area contributed by atoms with Crippen molar-refractivity contribution in [2.45, 2.75) is 58.7 Å². The molecule has 2 heteroatoms. The van der Waals surface area contributed by atoms with E-state index >= 15 is 0 Å². The van der Waals surface area contributed by atoms with Crippen molar-refractivity contribution < 1.29 is 4.74 Å². The second kappa shape index (κ2) is 5.85. The van der Waals surface area contributed by atoms with Gasteiger partial charge in [-0.25, -0.2) is 0 Å². The smallest absolute Gasteiger partial charge is 0.0561 e. The van der Waals surface area contributed by atoms with Crippen LogP contribution in [0.2, 0.25) is 0 Å². The van der Waals surface area contributed by atoms with E-state index in [0.717, 1.165) is 19.4 Å². The van der Waals surface area contributed by atoms with Gasteiger partial charge in [0.25, 0.3) is 0 Å². The van der Waals surface area contributed by atoms with E-state index in [4.69, 9.17) is 4.74 Å². The third kappa shape index (κ3) is 3.33. The van der Waals surface area contributed by atoms with Gasteiger partial charge in [-0.3, -0.25) is 0 Å². The van der Waals surface area contributed by atoms with Crippen LogP contribution in [0, 0.1) is 13.8 Å². The van der Waals surface area contributed by atoms with Gasteiger partial charge < -0.3 is 10.1 Å². The van der Waals surface area contributed by atoms with Crippen molar-refractivity contribution in [1.82, 2.24) is 5.32 Å². The molecule has 0 saturated carbocycles. The van der Waals surface area contributed by atoms with Crippen LogP contribution in [0.1, 0.15) is 49.4 Å². The molecule has 1 aromatic rings. The molecule has 2 nitrogen and oxygen atoms in total. The van der Waals surface area contributed by atoms with Crippen LogP contribution in [0.15, 0.2) is 18.2 Å². The minimum absolute atomic E-state index is 0.392. The number of aryl methyl sites for hydroxylation is 2. The Hall–Kier alpha value is -0.860. The summed E-state index contributed by atoms with van der Waals surface area (Å²) in [5.74, 6) is 0. The van der Waals surface area contributed by atoms with Gasteiger partial charge in [0.05, 0.1) is 6.10 Å². The van der Waals surface area contributed by atoms with E-state index in [2.05, 4.69) is 51.2 Å². The standard InChI is InChI=1S/C16H25NO/c1-11-5-6-15(9-12(11)2)14(4)17-16-7-8-18-13(3)10-16/h5-6,9,13-14,16-17H,7-8,10H2,1-4H3. The molecule has 2 rings (SSSR count). The van der Waals surface area contributed by atoms with Crippen LogP contribution in [0.3, 0.4) is 0 Å². The second-order valence-electron chi connectivity index (χ2n) is 5.63. The molecule has 1 heterocycles. The molecule has 0 radical (unpaired) electrons.